The Morgan fingerprint density at radius 2 is 2.25 bits per heavy atom. The van der Waals surface area contributed by atoms with E-state index in [-0.39, 0.29) is 12.0 Å². The Kier molecular flexibility index (Phi) is 2.15. The Balaban J connectivity index is 2.30. The number of rotatable bonds is 1. The molecule has 0 aromatic heterocycles. The van der Waals surface area contributed by atoms with E-state index in [9.17, 15) is 0 Å². The second-order valence-electron chi connectivity index (χ2n) is 2.39. The van der Waals surface area contributed by atoms with Crippen molar-refractivity contribution in [2.24, 2.45) is 5.92 Å². The standard InChI is InChI=1S/C6H11ClO/c7-6-3-1-2-5(6)4-8/h5-6,8H,1-4H2/t5-,6-/m0/s1. The first kappa shape index (κ1) is 6.37. The summed E-state index contributed by atoms with van der Waals surface area (Å²) in [5, 5.41) is 8.90. The molecular formula is C6H11ClO. The van der Waals surface area contributed by atoms with Gasteiger partial charge in [-0.25, -0.2) is 0 Å². The van der Waals surface area contributed by atoms with Crippen molar-refractivity contribution in [3.63, 3.8) is 0 Å². The van der Waals surface area contributed by atoms with Crippen molar-refractivity contribution >= 4 is 11.6 Å². The second-order valence-corrected chi connectivity index (χ2v) is 2.95. The first-order valence-electron chi connectivity index (χ1n) is 3.09. The van der Waals surface area contributed by atoms with Gasteiger partial charge in [0.15, 0.2) is 0 Å². The maximum atomic E-state index is 8.65. The van der Waals surface area contributed by atoms with Crippen LogP contribution >= 0.6 is 11.6 Å². The van der Waals surface area contributed by atoms with Gasteiger partial charge in [0.1, 0.15) is 0 Å². The molecule has 1 aliphatic rings. The molecule has 0 radical (unpaired) electrons. The molecule has 1 fully saturated rings. The second kappa shape index (κ2) is 2.70. The minimum atomic E-state index is 0.250. The van der Waals surface area contributed by atoms with E-state index < -0.39 is 0 Å². The van der Waals surface area contributed by atoms with E-state index in [4.69, 9.17) is 16.7 Å². The SMILES string of the molecule is OC[C@@H]1CCC[C@@H]1Cl. The Morgan fingerprint density at radius 1 is 1.50 bits per heavy atom. The maximum absolute atomic E-state index is 8.65. The summed E-state index contributed by atoms with van der Waals surface area (Å²) < 4.78 is 0. The quantitative estimate of drug-likeness (QED) is 0.538. The third kappa shape index (κ3) is 1.15. The molecule has 0 aromatic rings. The summed E-state index contributed by atoms with van der Waals surface area (Å²) in [6, 6.07) is 0. The molecule has 1 aliphatic carbocycles. The van der Waals surface area contributed by atoms with Crippen molar-refractivity contribution in [2.75, 3.05) is 6.61 Å². The van der Waals surface area contributed by atoms with Crippen LogP contribution in [0.15, 0.2) is 0 Å². The molecule has 0 bridgehead atoms. The molecule has 8 heavy (non-hydrogen) atoms. The van der Waals surface area contributed by atoms with Crippen LogP contribution in [0.25, 0.3) is 0 Å². The van der Waals surface area contributed by atoms with Crippen LogP contribution in [-0.2, 0) is 0 Å². The van der Waals surface area contributed by atoms with Gasteiger partial charge in [-0.2, -0.15) is 0 Å². The van der Waals surface area contributed by atoms with Crippen LogP contribution in [0.3, 0.4) is 0 Å². The highest BCUT2D eigenvalue weighted by molar-refractivity contribution is 6.20. The van der Waals surface area contributed by atoms with Gasteiger partial charge in [0, 0.05) is 12.0 Å². The van der Waals surface area contributed by atoms with Gasteiger partial charge in [0.2, 0.25) is 0 Å². The molecule has 0 heterocycles. The zero-order valence-corrected chi connectivity index (χ0v) is 5.56. The lowest BCUT2D eigenvalue weighted by Crippen LogP contribution is -2.10. The summed E-state index contributed by atoms with van der Waals surface area (Å²) in [7, 11) is 0. The normalized spacial score (nSPS) is 38.2. The van der Waals surface area contributed by atoms with Crippen molar-refractivity contribution in [2.45, 2.75) is 24.6 Å². The van der Waals surface area contributed by atoms with Crippen LogP contribution in [0.5, 0.6) is 0 Å². The van der Waals surface area contributed by atoms with Crippen LogP contribution in [0.1, 0.15) is 19.3 Å². The van der Waals surface area contributed by atoms with Crippen molar-refractivity contribution in [1.29, 1.82) is 0 Å². The molecule has 1 rings (SSSR count). The van der Waals surface area contributed by atoms with Gasteiger partial charge in [0.25, 0.3) is 0 Å². The topological polar surface area (TPSA) is 20.2 Å². The summed E-state index contributed by atoms with van der Waals surface area (Å²) in [5.41, 5.74) is 0. The van der Waals surface area contributed by atoms with E-state index >= 15 is 0 Å². The van der Waals surface area contributed by atoms with Gasteiger partial charge < -0.3 is 5.11 Å². The summed E-state index contributed by atoms with van der Waals surface area (Å²) in [6.07, 6.45) is 3.40. The van der Waals surface area contributed by atoms with Crippen molar-refractivity contribution in [3.05, 3.63) is 0 Å². The third-order valence-electron chi connectivity index (χ3n) is 1.80. The predicted octanol–water partition coefficient (Wildman–Crippen LogP) is 1.39. The Morgan fingerprint density at radius 3 is 2.50 bits per heavy atom. The number of aliphatic hydroxyl groups excluding tert-OH is 1. The first-order chi connectivity index (χ1) is 3.84. The highest BCUT2D eigenvalue weighted by Crippen LogP contribution is 2.29. The summed E-state index contributed by atoms with van der Waals surface area (Å²) in [4.78, 5) is 0. The minimum absolute atomic E-state index is 0.250. The number of halogens is 1. The highest BCUT2D eigenvalue weighted by atomic mass is 35.5. The van der Waals surface area contributed by atoms with E-state index in [1.165, 1.54) is 6.42 Å². The van der Waals surface area contributed by atoms with Crippen LogP contribution in [0.2, 0.25) is 0 Å². The van der Waals surface area contributed by atoms with Gasteiger partial charge >= 0.3 is 0 Å². The molecule has 1 N–H and O–H groups in total. The summed E-state index contributed by atoms with van der Waals surface area (Å²) >= 11 is 5.82. The van der Waals surface area contributed by atoms with Crippen LogP contribution in [-0.4, -0.2) is 17.1 Å². The minimum Gasteiger partial charge on any atom is -0.396 e. The van der Waals surface area contributed by atoms with Gasteiger partial charge in [-0.3, -0.25) is 0 Å². The lowest BCUT2D eigenvalue weighted by Gasteiger charge is -2.07. The molecule has 0 aliphatic heterocycles. The van der Waals surface area contributed by atoms with E-state index in [0.717, 1.165) is 12.8 Å². The van der Waals surface area contributed by atoms with E-state index in [0.29, 0.717) is 5.92 Å². The van der Waals surface area contributed by atoms with Crippen LogP contribution < -0.4 is 0 Å². The monoisotopic (exact) mass is 134 g/mol. The molecule has 0 amide bonds. The van der Waals surface area contributed by atoms with Crippen molar-refractivity contribution in [3.8, 4) is 0 Å². The van der Waals surface area contributed by atoms with Crippen molar-refractivity contribution < 1.29 is 5.11 Å². The molecule has 0 spiro atoms. The zero-order chi connectivity index (χ0) is 5.98. The highest BCUT2D eigenvalue weighted by Gasteiger charge is 2.23. The zero-order valence-electron chi connectivity index (χ0n) is 4.81. The maximum Gasteiger partial charge on any atom is 0.0473 e. The average molecular weight is 135 g/mol. The smallest absolute Gasteiger partial charge is 0.0473 e. The molecule has 2 heteroatoms. The number of hydrogen-bond donors (Lipinski definition) is 1. The van der Waals surface area contributed by atoms with Gasteiger partial charge in [0.05, 0.1) is 0 Å². The number of hydrogen-bond acceptors (Lipinski definition) is 1. The predicted molar refractivity (Wildman–Crippen MR) is 34.1 cm³/mol. The Labute approximate surface area is 54.7 Å². The summed E-state index contributed by atoms with van der Waals surface area (Å²) in [6.45, 7) is 0.272. The summed E-state index contributed by atoms with van der Waals surface area (Å²) in [5.74, 6) is 0.386. The van der Waals surface area contributed by atoms with E-state index in [2.05, 4.69) is 0 Å². The van der Waals surface area contributed by atoms with E-state index in [1.54, 1.807) is 0 Å². The number of aliphatic hydroxyl groups is 1. The lowest BCUT2D eigenvalue weighted by atomic mass is 10.1. The molecular weight excluding hydrogens is 124 g/mol. The Hall–Kier alpha value is 0.250. The molecule has 2 atom stereocenters. The van der Waals surface area contributed by atoms with Gasteiger partial charge in [-0.15, -0.1) is 11.6 Å². The third-order valence-corrected chi connectivity index (χ3v) is 2.38. The van der Waals surface area contributed by atoms with Crippen LogP contribution in [0, 0.1) is 5.92 Å². The van der Waals surface area contributed by atoms with Gasteiger partial charge in [-0.05, 0) is 18.8 Å². The lowest BCUT2D eigenvalue weighted by molar-refractivity contribution is 0.232. The number of alkyl halides is 1. The fourth-order valence-electron chi connectivity index (χ4n) is 1.20. The average Bonchev–Trinajstić information content (AvgIpc) is 2.14. The fraction of sp³-hybridized carbons (Fsp3) is 1.00. The molecule has 48 valence electrons. The Bertz CT molecular complexity index is 74.9. The molecule has 0 aromatic carbocycles. The fourth-order valence-corrected chi connectivity index (χ4v) is 1.56. The van der Waals surface area contributed by atoms with Crippen molar-refractivity contribution in [1.82, 2.24) is 0 Å². The molecule has 0 saturated heterocycles. The first-order valence-corrected chi connectivity index (χ1v) is 3.53. The molecule has 1 saturated carbocycles. The molecule has 0 unspecified atom stereocenters. The van der Waals surface area contributed by atoms with Crippen LogP contribution in [0.4, 0.5) is 0 Å². The molecule has 1 nitrogen and oxygen atoms in total. The largest absolute Gasteiger partial charge is 0.396 e. The van der Waals surface area contributed by atoms with Gasteiger partial charge in [-0.1, -0.05) is 6.42 Å². The van der Waals surface area contributed by atoms with E-state index in [1.807, 2.05) is 0 Å².